The topological polar surface area (TPSA) is 88.2 Å². The third kappa shape index (κ3) is 4.18. The Labute approximate surface area is 170 Å². The minimum absolute atomic E-state index is 0.401. The zero-order chi connectivity index (χ0) is 20.2. The van der Waals surface area contributed by atoms with E-state index in [1.54, 1.807) is 24.5 Å². The number of nitrogens with zero attached hydrogens (tertiary/aromatic N) is 5. The van der Waals surface area contributed by atoms with E-state index in [1.807, 2.05) is 24.3 Å². The van der Waals surface area contributed by atoms with Gasteiger partial charge in [-0.2, -0.15) is 0 Å². The molecule has 1 aliphatic heterocycles. The number of carbonyl (C=O) groups excluding carboxylic acids is 1. The van der Waals surface area contributed by atoms with Gasteiger partial charge in [-0.05, 0) is 42.8 Å². The lowest BCUT2D eigenvalue weighted by atomic mass is 10.1. The van der Waals surface area contributed by atoms with Crippen LogP contribution in [0.4, 0.5) is 11.5 Å². The van der Waals surface area contributed by atoms with Crippen molar-refractivity contribution in [2.45, 2.75) is 13.3 Å². The number of hydrogen-bond donors (Lipinski definition) is 1. The Bertz CT molecular complexity index is 982. The fraction of sp³-hybridized carbons (Fsp3) is 0.273. The number of benzene rings is 1. The number of piperazine rings is 1. The van der Waals surface area contributed by atoms with E-state index in [1.165, 1.54) is 0 Å². The summed E-state index contributed by atoms with van der Waals surface area (Å²) in [5.74, 6) is 1.31. The Hall–Kier alpha value is -3.48. The Morgan fingerprint density at radius 1 is 0.966 bits per heavy atom. The molecule has 0 unspecified atom stereocenters. The van der Waals surface area contributed by atoms with Crippen molar-refractivity contribution >= 4 is 17.4 Å². The molecule has 3 heterocycles. The number of primary amides is 1. The molecule has 3 aromatic rings. The Morgan fingerprint density at radius 3 is 2.24 bits per heavy atom. The van der Waals surface area contributed by atoms with Gasteiger partial charge in [-0.25, -0.2) is 9.97 Å². The maximum atomic E-state index is 11.3. The van der Waals surface area contributed by atoms with Crippen LogP contribution in [0.2, 0.25) is 0 Å². The Morgan fingerprint density at radius 2 is 1.62 bits per heavy atom. The molecule has 2 aromatic heterocycles. The average Bonchev–Trinajstić information content (AvgIpc) is 2.79. The van der Waals surface area contributed by atoms with Gasteiger partial charge in [-0.1, -0.05) is 6.92 Å². The predicted octanol–water partition coefficient (Wildman–Crippen LogP) is 2.53. The summed E-state index contributed by atoms with van der Waals surface area (Å²) in [6.45, 7) is 5.61. The first kappa shape index (κ1) is 18.9. The van der Waals surface area contributed by atoms with Gasteiger partial charge in [0, 0.05) is 67.1 Å². The highest BCUT2D eigenvalue weighted by atomic mass is 16.1. The maximum absolute atomic E-state index is 11.3. The van der Waals surface area contributed by atoms with Crippen LogP contribution in [-0.2, 0) is 6.42 Å². The number of hydrogen-bond acceptors (Lipinski definition) is 6. The number of rotatable bonds is 5. The van der Waals surface area contributed by atoms with Crippen molar-refractivity contribution in [3.8, 4) is 11.4 Å². The van der Waals surface area contributed by atoms with Gasteiger partial charge in [-0.15, -0.1) is 0 Å². The first-order valence-electron chi connectivity index (χ1n) is 9.82. The number of aromatic nitrogens is 3. The van der Waals surface area contributed by atoms with Gasteiger partial charge in [0.25, 0.3) is 0 Å². The minimum Gasteiger partial charge on any atom is -0.368 e. The van der Waals surface area contributed by atoms with E-state index in [4.69, 9.17) is 10.7 Å². The van der Waals surface area contributed by atoms with Gasteiger partial charge < -0.3 is 15.5 Å². The molecule has 1 aromatic carbocycles. The molecule has 29 heavy (non-hydrogen) atoms. The smallest absolute Gasteiger partial charge is 0.248 e. The zero-order valence-corrected chi connectivity index (χ0v) is 16.5. The van der Waals surface area contributed by atoms with Crippen molar-refractivity contribution in [3.63, 3.8) is 0 Å². The maximum Gasteiger partial charge on any atom is 0.248 e. The Balaban J connectivity index is 1.50. The molecule has 1 saturated heterocycles. The molecule has 1 fully saturated rings. The molecule has 0 spiro atoms. The zero-order valence-electron chi connectivity index (χ0n) is 16.5. The first-order chi connectivity index (χ1) is 14.1. The number of amides is 1. The van der Waals surface area contributed by atoms with Crippen molar-refractivity contribution in [2.24, 2.45) is 5.73 Å². The Kier molecular flexibility index (Phi) is 5.37. The van der Waals surface area contributed by atoms with Crippen LogP contribution in [0.5, 0.6) is 0 Å². The molecule has 0 bridgehead atoms. The fourth-order valence-corrected chi connectivity index (χ4v) is 3.49. The van der Waals surface area contributed by atoms with Crippen molar-refractivity contribution in [1.82, 2.24) is 15.0 Å². The molecule has 1 amide bonds. The normalized spacial score (nSPS) is 14.1. The van der Waals surface area contributed by atoms with Crippen LogP contribution in [0.3, 0.4) is 0 Å². The quantitative estimate of drug-likeness (QED) is 0.723. The van der Waals surface area contributed by atoms with Crippen LogP contribution in [-0.4, -0.2) is 47.0 Å². The molecule has 4 rings (SSSR count). The SMILES string of the molecule is CCc1cc(N2CCN(c3ccc(C(N)=O)cc3)CC2)nc(-c2ccncc2)n1. The van der Waals surface area contributed by atoms with E-state index in [0.29, 0.717) is 5.56 Å². The van der Waals surface area contributed by atoms with Crippen LogP contribution in [0, 0.1) is 0 Å². The summed E-state index contributed by atoms with van der Waals surface area (Å²) in [6, 6.07) is 13.4. The average molecular weight is 388 g/mol. The van der Waals surface area contributed by atoms with Gasteiger partial charge in [0.1, 0.15) is 5.82 Å². The number of nitrogens with two attached hydrogens (primary N) is 1. The molecular formula is C22H24N6O. The second kappa shape index (κ2) is 8.26. The summed E-state index contributed by atoms with van der Waals surface area (Å²) < 4.78 is 0. The lowest BCUT2D eigenvalue weighted by Crippen LogP contribution is -2.47. The lowest BCUT2D eigenvalue weighted by Gasteiger charge is -2.37. The van der Waals surface area contributed by atoms with Crippen molar-refractivity contribution in [1.29, 1.82) is 0 Å². The lowest BCUT2D eigenvalue weighted by molar-refractivity contribution is 0.100. The van der Waals surface area contributed by atoms with Crippen LogP contribution >= 0.6 is 0 Å². The molecular weight excluding hydrogens is 364 g/mol. The van der Waals surface area contributed by atoms with E-state index in [2.05, 4.69) is 32.8 Å². The van der Waals surface area contributed by atoms with Crippen molar-refractivity contribution < 1.29 is 4.79 Å². The van der Waals surface area contributed by atoms with Crippen LogP contribution in [0.15, 0.2) is 54.9 Å². The molecule has 1 aliphatic rings. The molecule has 0 aliphatic carbocycles. The molecule has 7 heteroatoms. The second-order valence-corrected chi connectivity index (χ2v) is 7.02. The minimum atomic E-state index is -0.401. The molecule has 0 atom stereocenters. The van der Waals surface area contributed by atoms with E-state index in [9.17, 15) is 4.79 Å². The van der Waals surface area contributed by atoms with E-state index < -0.39 is 5.91 Å². The van der Waals surface area contributed by atoms with E-state index >= 15 is 0 Å². The molecule has 7 nitrogen and oxygen atoms in total. The third-order valence-corrected chi connectivity index (χ3v) is 5.19. The van der Waals surface area contributed by atoms with Crippen LogP contribution in [0.25, 0.3) is 11.4 Å². The van der Waals surface area contributed by atoms with Crippen molar-refractivity contribution in [3.05, 3.63) is 66.1 Å². The molecule has 148 valence electrons. The third-order valence-electron chi connectivity index (χ3n) is 5.19. The number of pyridine rings is 1. The predicted molar refractivity (Wildman–Crippen MR) is 114 cm³/mol. The van der Waals surface area contributed by atoms with E-state index in [0.717, 1.165) is 61.2 Å². The number of carbonyl (C=O) groups is 1. The largest absolute Gasteiger partial charge is 0.368 e. The standard InChI is InChI=1S/C22H24N6O/c1-2-18-15-20(26-22(25-18)17-7-9-24-10-8-17)28-13-11-27(12-14-28)19-5-3-16(4-6-19)21(23)29/h3-10,15H,2,11-14H2,1H3,(H2,23,29). The summed E-state index contributed by atoms with van der Waals surface area (Å²) in [6.07, 6.45) is 4.39. The first-order valence-corrected chi connectivity index (χ1v) is 9.82. The molecule has 0 saturated carbocycles. The van der Waals surface area contributed by atoms with Gasteiger partial charge in [-0.3, -0.25) is 9.78 Å². The van der Waals surface area contributed by atoms with Crippen LogP contribution < -0.4 is 15.5 Å². The summed E-state index contributed by atoms with van der Waals surface area (Å²) in [5.41, 5.74) is 8.97. The molecule has 2 N–H and O–H groups in total. The highest BCUT2D eigenvalue weighted by Crippen LogP contribution is 2.23. The summed E-state index contributed by atoms with van der Waals surface area (Å²) in [5, 5.41) is 0. The summed E-state index contributed by atoms with van der Waals surface area (Å²) in [4.78, 5) is 29.5. The summed E-state index contributed by atoms with van der Waals surface area (Å²) >= 11 is 0. The fourth-order valence-electron chi connectivity index (χ4n) is 3.49. The van der Waals surface area contributed by atoms with Gasteiger partial charge in [0.05, 0.1) is 0 Å². The number of aryl methyl sites for hydroxylation is 1. The highest BCUT2D eigenvalue weighted by Gasteiger charge is 2.20. The van der Waals surface area contributed by atoms with Crippen molar-refractivity contribution in [2.75, 3.05) is 36.0 Å². The monoisotopic (exact) mass is 388 g/mol. The van der Waals surface area contributed by atoms with Gasteiger partial charge >= 0.3 is 0 Å². The highest BCUT2D eigenvalue weighted by molar-refractivity contribution is 5.93. The summed E-state index contributed by atoms with van der Waals surface area (Å²) in [7, 11) is 0. The van der Waals surface area contributed by atoms with Gasteiger partial charge in [0.15, 0.2) is 5.82 Å². The number of anilines is 2. The molecule has 0 radical (unpaired) electrons. The van der Waals surface area contributed by atoms with Gasteiger partial charge in [0.2, 0.25) is 5.91 Å². The van der Waals surface area contributed by atoms with E-state index in [-0.39, 0.29) is 0 Å². The second-order valence-electron chi connectivity index (χ2n) is 7.02. The van der Waals surface area contributed by atoms with Crippen LogP contribution in [0.1, 0.15) is 23.0 Å².